The van der Waals surface area contributed by atoms with Crippen molar-refractivity contribution in [2.24, 2.45) is 0 Å². The Morgan fingerprint density at radius 3 is 2.50 bits per heavy atom. The van der Waals surface area contributed by atoms with E-state index in [-0.39, 0.29) is 68.1 Å². The molecule has 2 fully saturated rings. The molecule has 0 spiro atoms. The van der Waals surface area contributed by atoms with Gasteiger partial charge in [0.2, 0.25) is 17.7 Å². The minimum Gasteiger partial charge on any atom is -0.508 e. The van der Waals surface area contributed by atoms with Gasteiger partial charge in [0.15, 0.2) is 0 Å². The number of hydrazine groups is 1. The van der Waals surface area contributed by atoms with Gasteiger partial charge < -0.3 is 19.6 Å². The van der Waals surface area contributed by atoms with E-state index in [1.54, 1.807) is 45.4 Å². The molecular weight excluding hydrogens is 562 g/mol. The van der Waals surface area contributed by atoms with Crippen molar-refractivity contribution in [3.63, 3.8) is 0 Å². The maximum absolute atomic E-state index is 14.1. The number of aryl methyl sites for hydroxylation is 1. The minimum atomic E-state index is -0.905. The first-order chi connectivity index (χ1) is 21.3. The normalized spacial score (nSPS) is 18.6. The summed E-state index contributed by atoms with van der Waals surface area (Å²) in [6, 6.07) is 16.9. The zero-order chi connectivity index (χ0) is 31.2. The van der Waals surface area contributed by atoms with E-state index >= 15 is 0 Å². The SMILES string of the molecule is C=CCN1CC(=O)N2[C@@H](Cc3ccc(O)cc3)C(=O)N(Cc3cncc(C(=O)OC)c3)C[C@@H]2N1C(=O)CCc1ccccc1. The second-order valence-electron chi connectivity index (χ2n) is 10.8. The van der Waals surface area contributed by atoms with Crippen LogP contribution in [0.25, 0.3) is 0 Å². The Labute approximate surface area is 255 Å². The van der Waals surface area contributed by atoms with Gasteiger partial charge in [-0.05, 0) is 41.3 Å². The van der Waals surface area contributed by atoms with Crippen LogP contribution in [0.2, 0.25) is 0 Å². The number of hydrogen-bond donors (Lipinski definition) is 1. The van der Waals surface area contributed by atoms with Crippen molar-refractivity contribution < 1.29 is 29.0 Å². The number of carbonyl (C=O) groups is 4. The molecule has 2 atom stereocenters. The van der Waals surface area contributed by atoms with Crippen LogP contribution in [-0.4, -0.2) is 92.6 Å². The number of esters is 1. The minimum absolute atomic E-state index is 0.0593. The average Bonchev–Trinajstić information content (AvgIpc) is 3.03. The Balaban J connectivity index is 1.50. The molecule has 5 rings (SSSR count). The fourth-order valence-electron chi connectivity index (χ4n) is 5.79. The van der Waals surface area contributed by atoms with Crippen LogP contribution < -0.4 is 0 Å². The number of pyridine rings is 1. The maximum atomic E-state index is 14.1. The molecule has 0 bridgehead atoms. The predicted octanol–water partition coefficient (Wildman–Crippen LogP) is 2.56. The van der Waals surface area contributed by atoms with Crippen LogP contribution in [0.3, 0.4) is 0 Å². The third-order valence-corrected chi connectivity index (χ3v) is 7.85. The molecular formula is C33H35N5O6. The van der Waals surface area contributed by atoms with E-state index in [2.05, 4.69) is 11.6 Å². The lowest BCUT2D eigenvalue weighted by atomic mass is 9.98. The molecule has 1 N–H and O–H groups in total. The molecule has 44 heavy (non-hydrogen) atoms. The number of hydrogen-bond acceptors (Lipinski definition) is 8. The van der Waals surface area contributed by atoms with E-state index in [1.807, 2.05) is 30.3 Å². The van der Waals surface area contributed by atoms with Gasteiger partial charge in [-0.3, -0.25) is 19.4 Å². The summed E-state index contributed by atoms with van der Waals surface area (Å²) in [7, 11) is 1.28. The van der Waals surface area contributed by atoms with Gasteiger partial charge in [-0.2, -0.15) is 0 Å². The van der Waals surface area contributed by atoms with Gasteiger partial charge in [-0.15, -0.1) is 6.58 Å². The zero-order valence-electron chi connectivity index (χ0n) is 24.5. The second-order valence-corrected chi connectivity index (χ2v) is 10.8. The van der Waals surface area contributed by atoms with Crippen LogP contribution >= 0.6 is 0 Å². The molecule has 3 aromatic rings. The molecule has 3 heterocycles. The summed E-state index contributed by atoms with van der Waals surface area (Å²) >= 11 is 0. The summed E-state index contributed by atoms with van der Waals surface area (Å²) in [5, 5.41) is 13.1. The Hall–Kier alpha value is -5.03. The number of nitrogens with zero attached hydrogens (tertiary/aromatic N) is 5. The summed E-state index contributed by atoms with van der Waals surface area (Å²) in [5.74, 6) is -1.19. The average molecular weight is 598 g/mol. The van der Waals surface area contributed by atoms with Crippen LogP contribution in [0, 0.1) is 0 Å². The molecule has 2 aliphatic heterocycles. The van der Waals surface area contributed by atoms with Crippen molar-refractivity contribution in [3.05, 3.63) is 108 Å². The zero-order valence-corrected chi connectivity index (χ0v) is 24.5. The number of aromatic nitrogens is 1. The molecule has 3 amide bonds. The van der Waals surface area contributed by atoms with Crippen LogP contribution in [0.15, 0.2) is 85.7 Å². The number of phenolic OH excluding ortho intramolecular Hbond substituents is 1. The summed E-state index contributed by atoms with van der Waals surface area (Å²) in [6.07, 6.45) is 4.75. The van der Waals surface area contributed by atoms with Gasteiger partial charge in [0.1, 0.15) is 18.0 Å². The number of amides is 3. The van der Waals surface area contributed by atoms with Gasteiger partial charge in [0.05, 0.1) is 25.8 Å². The first kappa shape index (κ1) is 30.4. The topological polar surface area (TPSA) is 124 Å². The number of aromatic hydroxyl groups is 1. The standard InChI is InChI=1S/C33H35N5O6/c1-3-15-36-22-31(41)37-28(17-24-9-12-27(39)13-10-24)32(42)35(20-25-16-26(19-34-18-25)33(43)44-2)21-29(37)38(36)30(40)14-11-23-7-5-4-6-8-23/h3-10,12-13,16,18-19,28-29,39H,1,11,14-15,17,20-22H2,2H3/t28-,29-/m0/s1. The van der Waals surface area contributed by atoms with Gasteiger partial charge in [-0.25, -0.2) is 14.8 Å². The highest BCUT2D eigenvalue weighted by molar-refractivity contribution is 5.92. The van der Waals surface area contributed by atoms with Crippen molar-refractivity contribution in [1.82, 2.24) is 24.8 Å². The first-order valence-corrected chi connectivity index (χ1v) is 14.4. The molecule has 2 aliphatic rings. The van der Waals surface area contributed by atoms with E-state index in [0.717, 1.165) is 11.1 Å². The predicted molar refractivity (Wildman–Crippen MR) is 161 cm³/mol. The van der Waals surface area contributed by atoms with Gasteiger partial charge >= 0.3 is 5.97 Å². The fourth-order valence-corrected chi connectivity index (χ4v) is 5.79. The molecule has 0 unspecified atom stereocenters. The van der Waals surface area contributed by atoms with Crippen LogP contribution in [0.4, 0.5) is 0 Å². The summed E-state index contributed by atoms with van der Waals surface area (Å²) < 4.78 is 4.83. The number of methoxy groups -OCH3 is 1. The van der Waals surface area contributed by atoms with Crippen molar-refractivity contribution in [2.75, 3.05) is 26.7 Å². The third-order valence-electron chi connectivity index (χ3n) is 7.85. The lowest BCUT2D eigenvalue weighted by Gasteiger charge is -2.55. The summed E-state index contributed by atoms with van der Waals surface area (Å²) in [6.45, 7) is 4.19. The number of rotatable bonds is 10. The molecule has 228 valence electrons. The number of benzene rings is 2. The molecule has 11 heteroatoms. The molecule has 11 nitrogen and oxygen atoms in total. The van der Waals surface area contributed by atoms with Crippen LogP contribution in [0.1, 0.15) is 33.5 Å². The van der Waals surface area contributed by atoms with Crippen LogP contribution in [0.5, 0.6) is 5.75 Å². The highest BCUT2D eigenvalue weighted by Crippen LogP contribution is 2.30. The second kappa shape index (κ2) is 13.5. The van der Waals surface area contributed by atoms with Gasteiger partial charge in [-0.1, -0.05) is 48.5 Å². The Bertz CT molecular complexity index is 1530. The lowest BCUT2D eigenvalue weighted by molar-refractivity contribution is -0.205. The van der Waals surface area contributed by atoms with Crippen molar-refractivity contribution in [3.8, 4) is 5.75 Å². The molecule has 0 aliphatic carbocycles. The lowest BCUT2D eigenvalue weighted by Crippen LogP contribution is -2.75. The van der Waals surface area contributed by atoms with E-state index in [0.29, 0.717) is 12.0 Å². The Morgan fingerprint density at radius 2 is 1.80 bits per heavy atom. The third kappa shape index (κ3) is 6.63. The number of phenols is 1. The van der Waals surface area contributed by atoms with E-state index in [4.69, 9.17) is 4.74 Å². The summed E-state index contributed by atoms with van der Waals surface area (Å²) in [4.78, 5) is 61.2. The molecule has 0 saturated carbocycles. The number of fused-ring (bicyclic) bond motifs is 1. The number of piperazine rings is 1. The Kier molecular flexibility index (Phi) is 9.35. The van der Waals surface area contributed by atoms with Crippen LogP contribution in [-0.2, 0) is 38.5 Å². The monoisotopic (exact) mass is 597 g/mol. The summed E-state index contributed by atoms with van der Waals surface area (Å²) in [5.41, 5.74) is 2.62. The van der Waals surface area contributed by atoms with Gasteiger partial charge in [0, 0.05) is 38.3 Å². The van der Waals surface area contributed by atoms with Gasteiger partial charge in [0.25, 0.3) is 0 Å². The number of carbonyl (C=O) groups excluding carboxylic acids is 4. The smallest absolute Gasteiger partial charge is 0.339 e. The first-order valence-electron chi connectivity index (χ1n) is 14.4. The molecule has 1 aromatic heterocycles. The van der Waals surface area contributed by atoms with Crippen molar-refractivity contribution in [2.45, 2.75) is 38.0 Å². The quantitative estimate of drug-likeness (QED) is 0.280. The largest absolute Gasteiger partial charge is 0.508 e. The number of ether oxygens (including phenoxy) is 1. The van der Waals surface area contributed by atoms with E-state index in [1.165, 1.54) is 30.3 Å². The molecule has 0 radical (unpaired) electrons. The molecule has 2 saturated heterocycles. The molecule has 2 aromatic carbocycles. The van der Waals surface area contributed by atoms with Crippen molar-refractivity contribution >= 4 is 23.7 Å². The van der Waals surface area contributed by atoms with E-state index < -0.39 is 18.2 Å². The highest BCUT2D eigenvalue weighted by Gasteiger charge is 2.51. The van der Waals surface area contributed by atoms with E-state index in [9.17, 15) is 24.3 Å². The highest BCUT2D eigenvalue weighted by atomic mass is 16.5. The fraction of sp³-hybridized carbons (Fsp3) is 0.303. The maximum Gasteiger partial charge on any atom is 0.339 e. The van der Waals surface area contributed by atoms with Crippen molar-refractivity contribution in [1.29, 1.82) is 0 Å². The Morgan fingerprint density at radius 1 is 1.05 bits per heavy atom.